The van der Waals surface area contributed by atoms with Crippen molar-refractivity contribution in [2.45, 2.75) is 18.9 Å². The lowest BCUT2D eigenvalue weighted by molar-refractivity contribution is -0.123. The molecular weight excluding hydrogens is 244 g/mol. The van der Waals surface area contributed by atoms with Crippen molar-refractivity contribution in [2.75, 3.05) is 32.1 Å². The molecular formula is C14H20N2O3. The van der Waals surface area contributed by atoms with Gasteiger partial charge < -0.3 is 20.1 Å². The Labute approximate surface area is 113 Å². The molecule has 0 unspecified atom stereocenters. The van der Waals surface area contributed by atoms with Gasteiger partial charge in [-0.2, -0.15) is 0 Å². The van der Waals surface area contributed by atoms with Crippen LogP contribution in [0.5, 0.6) is 5.75 Å². The Morgan fingerprint density at radius 2 is 2.11 bits per heavy atom. The third-order valence-electron chi connectivity index (χ3n) is 3.12. The predicted molar refractivity (Wildman–Crippen MR) is 73.5 cm³/mol. The normalized spacial score (nSPS) is 16.1. The monoisotopic (exact) mass is 264 g/mol. The van der Waals surface area contributed by atoms with Crippen LogP contribution in [0.3, 0.4) is 0 Å². The number of hydrogen-bond donors (Lipinski definition) is 2. The zero-order valence-electron chi connectivity index (χ0n) is 11.1. The van der Waals surface area contributed by atoms with Gasteiger partial charge in [0.1, 0.15) is 12.4 Å². The molecule has 1 aliphatic heterocycles. The Balaban J connectivity index is 1.80. The highest BCUT2D eigenvalue weighted by Gasteiger charge is 2.15. The number of para-hydroxylation sites is 2. The molecule has 1 heterocycles. The second kappa shape index (κ2) is 7.11. The number of carbonyl (C=O) groups excluding carboxylic acids is 1. The Hall–Kier alpha value is -1.59. The first-order valence-electron chi connectivity index (χ1n) is 6.55. The standard InChI is InChI=1S/C14H20N2O3/c1-18-13-5-3-2-4-12(13)16-14(17)10-19-11-6-8-15-9-7-11/h2-5,11,15H,6-10H2,1H3,(H,16,17). The summed E-state index contributed by atoms with van der Waals surface area (Å²) in [6.45, 7) is 2.00. The lowest BCUT2D eigenvalue weighted by Gasteiger charge is -2.22. The molecule has 0 atom stereocenters. The van der Waals surface area contributed by atoms with Crippen molar-refractivity contribution in [1.82, 2.24) is 5.32 Å². The van der Waals surface area contributed by atoms with Crippen molar-refractivity contribution in [3.05, 3.63) is 24.3 Å². The van der Waals surface area contributed by atoms with E-state index >= 15 is 0 Å². The number of ether oxygens (including phenoxy) is 2. The van der Waals surface area contributed by atoms with Crippen molar-refractivity contribution in [1.29, 1.82) is 0 Å². The zero-order valence-corrected chi connectivity index (χ0v) is 11.1. The van der Waals surface area contributed by atoms with Crippen molar-refractivity contribution in [2.24, 2.45) is 0 Å². The minimum atomic E-state index is -0.150. The van der Waals surface area contributed by atoms with E-state index in [9.17, 15) is 4.79 Å². The minimum absolute atomic E-state index is 0.0860. The number of hydrogen-bond acceptors (Lipinski definition) is 4. The van der Waals surface area contributed by atoms with Crippen LogP contribution in [-0.4, -0.2) is 38.8 Å². The van der Waals surface area contributed by atoms with Crippen LogP contribution >= 0.6 is 0 Å². The summed E-state index contributed by atoms with van der Waals surface area (Å²) in [6, 6.07) is 7.33. The van der Waals surface area contributed by atoms with E-state index in [1.165, 1.54) is 0 Å². The molecule has 0 radical (unpaired) electrons. The van der Waals surface area contributed by atoms with Crippen LogP contribution in [0.25, 0.3) is 0 Å². The first-order chi connectivity index (χ1) is 9.29. The van der Waals surface area contributed by atoms with Gasteiger partial charge in [-0.1, -0.05) is 12.1 Å². The highest BCUT2D eigenvalue weighted by atomic mass is 16.5. The average Bonchev–Trinajstić information content (AvgIpc) is 2.47. The molecule has 5 nitrogen and oxygen atoms in total. The van der Waals surface area contributed by atoms with Crippen LogP contribution in [0, 0.1) is 0 Å². The fourth-order valence-corrected chi connectivity index (χ4v) is 2.09. The van der Waals surface area contributed by atoms with Gasteiger partial charge in [0, 0.05) is 0 Å². The number of benzene rings is 1. The van der Waals surface area contributed by atoms with E-state index in [1.807, 2.05) is 18.2 Å². The number of methoxy groups -OCH3 is 1. The highest BCUT2D eigenvalue weighted by Crippen LogP contribution is 2.22. The number of piperidine rings is 1. The van der Waals surface area contributed by atoms with Crippen LogP contribution in [-0.2, 0) is 9.53 Å². The molecule has 0 bridgehead atoms. The van der Waals surface area contributed by atoms with Crippen molar-refractivity contribution >= 4 is 11.6 Å². The molecule has 1 aliphatic rings. The molecule has 1 fully saturated rings. The second-order valence-electron chi connectivity index (χ2n) is 4.51. The minimum Gasteiger partial charge on any atom is -0.495 e. The maximum atomic E-state index is 11.8. The third-order valence-corrected chi connectivity index (χ3v) is 3.12. The predicted octanol–water partition coefficient (Wildman–Crippen LogP) is 1.40. The molecule has 19 heavy (non-hydrogen) atoms. The summed E-state index contributed by atoms with van der Waals surface area (Å²) in [7, 11) is 1.58. The van der Waals surface area contributed by atoms with E-state index in [-0.39, 0.29) is 18.6 Å². The molecule has 2 N–H and O–H groups in total. The summed E-state index contributed by atoms with van der Waals surface area (Å²) in [5.74, 6) is 0.501. The van der Waals surface area contributed by atoms with Gasteiger partial charge in [0.2, 0.25) is 5.91 Å². The van der Waals surface area contributed by atoms with Crippen LogP contribution in [0.15, 0.2) is 24.3 Å². The maximum Gasteiger partial charge on any atom is 0.250 e. The van der Waals surface area contributed by atoms with E-state index in [0.29, 0.717) is 11.4 Å². The molecule has 1 aromatic rings. The van der Waals surface area contributed by atoms with Gasteiger partial charge in [-0.05, 0) is 38.1 Å². The molecule has 1 amide bonds. The quantitative estimate of drug-likeness (QED) is 0.844. The van der Waals surface area contributed by atoms with Gasteiger partial charge in [0.05, 0.1) is 18.9 Å². The topological polar surface area (TPSA) is 59.6 Å². The SMILES string of the molecule is COc1ccccc1NC(=O)COC1CCNCC1. The Bertz CT molecular complexity index is 417. The summed E-state index contributed by atoms with van der Waals surface area (Å²) in [5, 5.41) is 6.06. The van der Waals surface area contributed by atoms with E-state index in [4.69, 9.17) is 9.47 Å². The lowest BCUT2D eigenvalue weighted by Crippen LogP contribution is -2.34. The smallest absolute Gasteiger partial charge is 0.250 e. The number of carbonyl (C=O) groups is 1. The largest absolute Gasteiger partial charge is 0.495 e. The van der Waals surface area contributed by atoms with E-state index in [1.54, 1.807) is 13.2 Å². The van der Waals surface area contributed by atoms with Crippen molar-refractivity contribution in [3.63, 3.8) is 0 Å². The molecule has 1 saturated heterocycles. The van der Waals surface area contributed by atoms with Gasteiger partial charge in [0.15, 0.2) is 0 Å². The molecule has 0 saturated carbocycles. The van der Waals surface area contributed by atoms with E-state index in [0.717, 1.165) is 25.9 Å². The molecule has 0 spiro atoms. The first-order valence-corrected chi connectivity index (χ1v) is 6.55. The summed E-state index contributed by atoms with van der Waals surface area (Å²) in [6.07, 6.45) is 2.11. The van der Waals surface area contributed by atoms with Crippen molar-refractivity contribution < 1.29 is 14.3 Å². The summed E-state index contributed by atoms with van der Waals surface area (Å²) in [5.41, 5.74) is 0.670. The lowest BCUT2D eigenvalue weighted by atomic mass is 10.1. The fraction of sp³-hybridized carbons (Fsp3) is 0.500. The van der Waals surface area contributed by atoms with Gasteiger partial charge in [-0.25, -0.2) is 0 Å². The first kappa shape index (κ1) is 13.8. The van der Waals surface area contributed by atoms with Crippen molar-refractivity contribution in [3.8, 4) is 5.75 Å². The summed E-state index contributed by atoms with van der Waals surface area (Å²) < 4.78 is 10.8. The molecule has 0 aromatic heterocycles. The molecule has 1 aromatic carbocycles. The Morgan fingerprint density at radius 1 is 1.37 bits per heavy atom. The van der Waals surface area contributed by atoms with Gasteiger partial charge in [-0.15, -0.1) is 0 Å². The van der Waals surface area contributed by atoms with E-state index < -0.39 is 0 Å². The number of rotatable bonds is 5. The summed E-state index contributed by atoms with van der Waals surface area (Å²) >= 11 is 0. The summed E-state index contributed by atoms with van der Waals surface area (Å²) in [4.78, 5) is 11.8. The molecule has 104 valence electrons. The third kappa shape index (κ3) is 4.22. The Morgan fingerprint density at radius 3 is 2.84 bits per heavy atom. The molecule has 0 aliphatic carbocycles. The number of amides is 1. The average molecular weight is 264 g/mol. The number of nitrogens with one attached hydrogen (secondary N) is 2. The van der Waals surface area contributed by atoms with Crippen LogP contribution < -0.4 is 15.4 Å². The fourth-order valence-electron chi connectivity index (χ4n) is 2.09. The molecule has 2 rings (SSSR count). The van der Waals surface area contributed by atoms with Crippen LogP contribution in [0.2, 0.25) is 0 Å². The van der Waals surface area contributed by atoms with Gasteiger partial charge in [0.25, 0.3) is 0 Å². The van der Waals surface area contributed by atoms with E-state index in [2.05, 4.69) is 10.6 Å². The Kier molecular flexibility index (Phi) is 5.18. The zero-order chi connectivity index (χ0) is 13.5. The second-order valence-corrected chi connectivity index (χ2v) is 4.51. The van der Waals surface area contributed by atoms with Gasteiger partial charge >= 0.3 is 0 Å². The maximum absolute atomic E-state index is 11.8. The van der Waals surface area contributed by atoms with Gasteiger partial charge in [-0.3, -0.25) is 4.79 Å². The van der Waals surface area contributed by atoms with Crippen LogP contribution in [0.4, 0.5) is 5.69 Å². The highest BCUT2D eigenvalue weighted by molar-refractivity contribution is 5.93. The number of anilines is 1. The molecule has 5 heteroatoms. The van der Waals surface area contributed by atoms with Crippen LogP contribution in [0.1, 0.15) is 12.8 Å².